The van der Waals surface area contributed by atoms with E-state index in [1.54, 1.807) is 0 Å². The SMILES string of the molecule is CCCC(C)=C1[C@@H]2CC[C@H]1OO2. The van der Waals surface area contributed by atoms with Crippen LogP contribution in [0.2, 0.25) is 0 Å². The van der Waals surface area contributed by atoms with Crippen molar-refractivity contribution in [2.75, 3.05) is 0 Å². The molecule has 2 rings (SSSR count). The first-order valence-corrected chi connectivity index (χ1v) is 4.84. The molecule has 0 aromatic heterocycles. The monoisotopic (exact) mass is 168 g/mol. The van der Waals surface area contributed by atoms with Gasteiger partial charge in [-0.25, -0.2) is 9.78 Å². The molecule has 2 fully saturated rings. The lowest BCUT2D eigenvalue weighted by Crippen LogP contribution is -2.05. The molecular formula is C10H16O2. The van der Waals surface area contributed by atoms with Crippen molar-refractivity contribution in [2.24, 2.45) is 0 Å². The fourth-order valence-corrected chi connectivity index (χ4v) is 2.22. The average Bonchev–Trinajstić information content (AvgIpc) is 2.62. The Bertz CT molecular complexity index is 186. The van der Waals surface area contributed by atoms with E-state index in [-0.39, 0.29) is 0 Å². The normalized spacial score (nSPS) is 37.5. The molecule has 0 N–H and O–H groups in total. The molecule has 0 spiro atoms. The largest absolute Gasteiger partial charge is 0.228 e. The predicted octanol–water partition coefficient (Wildman–Crippen LogP) is 2.60. The van der Waals surface area contributed by atoms with Gasteiger partial charge >= 0.3 is 0 Å². The van der Waals surface area contributed by atoms with Gasteiger partial charge in [-0.15, -0.1) is 0 Å². The fraction of sp³-hybridized carbons (Fsp3) is 0.800. The number of rotatable bonds is 2. The van der Waals surface area contributed by atoms with Gasteiger partial charge in [0.15, 0.2) is 0 Å². The number of hydrogen-bond donors (Lipinski definition) is 0. The van der Waals surface area contributed by atoms with E-state index in [1.807, 2.05) is 0 Å². The summed E-state index contributed by atoms with van der Waals surface area (Å²) in [6, 6.07) is 0. The Balaban J connectivity index is 2.17. The molecule has 68 valence electrons. The van der Waals surface area contributed by atoms with Crippen LogP contribution in [0.25, 0.3) is 0 Å². The van der Waals surface area contributed by atoms with Crippen LogP contribution in [0.5, 0.6) is 0 Å². The number of allylic oxidation sites excluding steroid dienone is 1. The molecule has 0 radical (unpaired) electrons. The Morgan fingerprint density at radius 2 is 1.92 bits per heavy atom. The van der Waals surface area contributed by atoms with E-state index in [9.17, 15) is 0 Å². The fourth-order valence-electron chi connectivity index (χ4n) is 2.22. The molecular weight excluding hydrogens is 152 g/mol. The molecule has 0 aromatic carbocycles. The Hall–Kier alpha value is -0.340. The maximum Gasteiger partial charge on any atom is 0.117 e. The lowest BCUT2D eigenvalue weighted by Gasteiger charge is -2.05. The van der Waals surface area contributed by atoms with Gasteiger partial charge in [-0.1, -0.05) is 18.9 Å². The summed E-state index contributed by atoms with van der Waals surface area (Å²) in [6.45, 7) is 4.42. The van der Waals surface area contributed by atoms with E-state index in [0.717, 1.165) is 12.8 Å². The first-order chi connectivity index (χ1) is 5.83. The number of fused-ring (bicyclic) bond motifs is 2. The predicted molar refractivity (Wildman–Crippen MR) is 46.6 cm³/mol. The second-order valence-corrected chi connectivity index (χ2v) is 3.73. The van der Waals surface area contributed by atoms with E-state index >= 15 is 0 Å². The van der Waals surface area contributed by atoms with E-state index < -0.39 is 0 Å². The molecule has 1 saturated heterocycles. The van der Waals surface area contributed by atoms with E-state index in [2.05, 4.69) is 13.8 Å². The van der Waals surface area contributed by atoms with Crippen LogP contribution in [0.3, 0.4) is 0 Å². The van der Waals surface area contributed by atoms with Crippen molar-refractivity contribution in [3.63, 3.8) is 0 Å². The molecule has 0 unspecified atom stereocenters. The number of hydrogen-bond acceptors (Lipinski definition) is 2. The molecule has 2 atom stereocenters. The quantitative estimate of drug-likeness (QED) is 0.466. The van der Waals surface area contributed by atoms with Crippen LogP contribution in [0, 0.1) is 0 Å². The summed E-state index contributed by atoms with van der Waals surface area (Å²) < 4.78 is 0. The third-order valence-electron chi connectivity index (χ3n) is 2.79. The molecule has 2 aliphatic rings. The maximum atomic E-state index is 5.17. The molecule has 0 aromatic rings. The average molecular weight is 168 g/mol. The van der Waals surface area contributed by atoms with Gasteiger partial charge in [-0.3, -0.25) is 0 Å². The minimum Gasteiger partial charge on any atom is -0.228 e. The van der Waals surface area contributed by atoms with Crippen LogP contribution in [0.4, 0.5) is 0 Å². The van der Waals surface area contributed by atoms with Crippen molar-refractivity contribution in [3.05, 3.63) is 11.1 Å². The van der Waals surface area contributed by atoms with Gasteiger partial charge in [0.2, 0.25) is 0 Å². The topological polar surface area (TPSA) is 18.5 Å². The standard InChI is InChI=1S/C10H16O2/c1-3-4-7(2)10-8-5-6-9(10)12-11-8/h8-9H,3-6H2,1-2H3/t8-,9+. The van der Waals surface area contributed by atoms with Crippen molar-refractivity contribution >= 4 is 0 Å². The van der Waals surface area contributed by atoms with Gasteiger partial charge in [-0.05, 0) is 31.8 Å². The summed E-state index contributed by atoms with van der Waals surface area (Å²) in [5, 5.41) is 0. The summed E-state index contributed by atoms with van der Waals surface area (Å²) in [7, 11) is 0. The first-order valence-electron chi connectivity index (χ1n) is 4.84. The lowest BCUT2D eigenvalue weighted by molar-refractivity contribution is -0.315. The van der Waals surface area contributed by atoms with Crippen molar-refractivity contribution in [1.29, 1.82) is 0 Å². The van der Waals surface area contributed by atoms with Gasteiger partial charge in [0.25, 0.3) is 0 Å². The van der Waals surface area contributed by atoms with E-state index in [0.29, 0.717) is 12.2 Å². The maximum absolute atomic E-state index is 5.17. The van der Waals surface area contributed by atoms with Crippen molar-refractivity contribution in [2.45, 2.75) is 51.7 Å². The molecule has 1 aliphatic carbocycles. The highest BCUT2D eigenvalue weighted by Crippen LogP contribution is 2.39. The Morgan fingerprint density at radius 3 is 2.33 bits per heavy atom. The zero-order valence-electron chi connectivity index (χ0n) is 7.80. The minimum atomic E-state index is 0.293. The van der Waals surface area contributed by atoms with Gasteiger partial charge in [0.05, 0.1) is 0 Å². The van der Waals surface area contributed by atoms with Gasteiger partial charge in [-0.2, -0.15) is 0 Å². The van der Waals surface area contributed by atoms with Crippen LogP contribution in [0.15, 0.2) is 11.1 Å². The first kappa shape index (κ1) is 8.27. The van der Waals surface area contributed by atoms with Crippen molar-refractivity contribution in [3.8, 4) is 0 Å². The summed E-state index contributed by atoms with van der Waals surface area (Å²) in [6.07, 6.45) is 5.30. The second kappa shape index (κ2) is 3.19. The smallest absolute Gasteiger partial charge is 0.117 e. The van der Waals surface area contributed by atoms with Gasteiger partial charge < -0.3 is 0 Å². The molecule has 1 heterocycles. The van der Waals surface area contributed by atoms with Crippen LogP contribution >= 0.6 is 0 Å². The van der Waals surface area contributed by atoms with Gasteiger partial charge in [0, 0.05) is 0 Å². The van der Waals surface area contributed by atoms with E-state index in [4.69, 9.17) is 9.78 Å². The summed E-state index contributed by atoms with van der Waals surface area (Å²) in [4.78, 5) is 10.3. The van der Waals surface area contributed by atoms with Crippen molar-refractivity contribution < 1.29 is 9.78 Å². The summed E-state index contributed by atoms with van der Waals surface area (Å²) in [5.74, 6) is 0. The molecule has 2 heteroatoms. The highest BCUT2D eigenvalue weighted by molar-refractivity contribution is 5.26. The summed E-state index contributed by atoms with van der Waals surface area (Å²) in [5.41, 5.74) is 2.93. The van der Waals surface area contributed by atoms with Crippen LogP contribution in [-0.4, -0.2) is 12.2 Å². The zero-order chi connectivity index (χ0) is 8.55. The van der Waals surface area contributed by atoms with Gasteiger partial charge in [0.1, 0.15) is 12.2 Å². The Morgan fingerprint density at radius 1 is 1.33 bits per heavy atom. The Labute approximate surface area is 73.5 Å². The lowest BCUT2D eigenvalue weighted by atomic mass is 10.0. The van der Waals surface area contributed by atoms with Crippen molar-refractivity contribution in [1.82, 2.24) is 0 Å². The third kappa shape index (κ3) is 1.19. The minimum absolute atomic E-state index is 0.293. The molecule has 2 nitrogen and oxygen atoms in total. The molecule has 0 amide bonds. The van der Waals surface area contributed by atoms with E-state index in [1.165, 1.54) is 24.0 Å². The molecule has 1 aliphatic heterocycles. The highest BCUT2D eigenvalue weighted by Gasteiger charge is 2.40. The second-order valence-electron chi connectivity index (χ2n) is 3.73. The zero-order valence-corrected chi connectivity index (χ0v) is 7.80. The molecule has 2 bridgehead atoms. The van der Waals surface area contributed by atoms with Crippen LogP contribution < -0.4 is 0 Å². The molecule has 12 heavy (non-hydrogen) atoms. The summed E-state index contributed by atoms with van der Waals surface area (Å²) >= 11 is 0. The molecule has 1 saturated carbocycles. The highest BCUT2D eigenvalue weighted by atomic mass is 17.2. The Kier molecular flexibility index (Phi) is 2.20. The van der Waals surface area contributed by atoms with Crippen LogP contribution in [-0.2, 0) is 9.78 Å². The third-order valence-corrected chi connectivity index (χ3v) is 2.79. The van der Waals surface area contributed by atoms with Crippen LogP contribution in [0.1, 0.15) is 39.5 Å².